The summed E-state index contributed by atoms with van der Waals surface area (Å²) in [5, 5.41) is 10.5. The Morgan fingerprint density at radius 2 is 1.57 bits per heavy atom. The Morgan fingerprint density at radius 3 is 2.36 bits per heavy atom. The second-order valence-corrected chi connectivity index (χ2v) is 6.90. The molecule has 0 amide bonds. The lowest BCUT2D eigenvalue weighted by molar-refractivity contribution is 0.458. The lowest BCUT2D eigenvalue weighted by Gasteiger charge is -2.10. The molecule has 0 saturated heterocycles. The summed E-state index contributed by atoms with van der Waals surface area (Å²) < 4.78 is 2.26. The third kappa shape index (κ3) is 2.71. The lowest BCUT2D eigenvalue weighted by atomic mass is 10.0. The van der Waals surface area contributed by atoms with Gasteiger partial charge < -0.3 is 15.1 Å². The summed E-state index contributed by atoms with van der Waals surface area (Å²) in [6, 6.07) is 24.1. The Bertz CT molecular complexity index is 1330. The fourth-order valence-electron chi connectivity index (χ4n) is 3.45. The highest BCUT2D eigenvalue weighted by atomic mass is 32.1. The lowest BCUT2D eigenvalue weighted by Crippen LogP contribution is -1.97. The number of fused-ring (bicyclic) bond motifs is 1. The van der Waals surface area contributed by atoms with Crippen LogP contribution in [0.1, 0.15) is 0 Å². The first kappa shape index (κ1) is 16.5. The topological polar surface area (TPSA) is 69.6 Å². The molecule has 6 heteroatoms. The van der Waals surface area contributed by atoms with E-state index < -0.39 is 0 Å². The second kappa shape index (κ2) is 6.51. The quantitative estimate of drug-likeness (QED) is 0.362. The molecule has 0 fully saturated rings. The molecule has 0 atom stereocenters. The number of hydrogen-bond acceptors (Lipinski definition) is 3. The smallest absolute Gasteiger partial charge is 0.216 e. The van der Waals surface area contributed by atoms with Crippen LogP contribution in [0.4, 0.5) is 0 Å². The van der Waals surface area contributed by atoms with Crippen LogP contribution in [-0.2, 0) is 0 Å². The van der Waals surface area contributed by atoms with Crippen molar-refractivity contribution in [1.82, 2.24) is 19.5 Å². The van der Waals surface area contributed by atoms with Crippen LogP contribution in [0.5, 0.6) is 5.88 Å². The molecule has 5 rings (SSSR count). The first-order valence-electron chi connectivity index (χ1n) is 8.84. The molecule has 3 aromatic carbocycles. The zero-order valence-electron chi connectivity index (χ0n) is 14.8. The summed E-state index contributed by atoms with van der Waals surface area (Å²) in [4.78, 5) is 10.2. The molecule has 136 valence electrons. The van der Waals surface area contributed by atoms with Crippen molar-refractivity contribution in [2.24, 2.45) is 0 Å². The van der Waals surface area contributed by atoms with Gasteiger partial charge in [0.15, 0.2) is 4.77 Å². The van der Waals surface area contributed by atoms with Crippen LogP contribution < -0.4 is 0 Å². The van der Waals surface area contributed by atoms with Crippen molar-refractivity contribution in [1.29, 1.82) is 0 Å². The van der Waals surface area contributed by atoms with E-state index in [2.05, 4.69) is 27.1 Å². The van der Waals surface area contributed by atoms with Gasteiger partial charge in [0.05, 0.1) is 23.0 Å². The molecule has 5 aromatic rings. The molecule has 28 heavy (non-hydrogen) atoms. The van der Waals surface area contributed by atoms with Gasteiger partial charge >= 0.3 is 0 Å². The molecule has 0 aliphatic carbocycles. The van der Waals surface area contributed by atoms with E-state index in [1.165, 1.54) is 0 Å². The van der Waals surface area contributed by atoms with Crippen molar-refractivity contribution in [2.45, 2.75) is 0 Å². The first-order valence-corrected chi connectivity index (χ1v) is 9.25. The third-order valence-electron chi connectivity index (χ3n) is 4.80. The maximum atomic E-state index is 10.5. The predicted molar refractivity (Wildman–Crippen MR) is 113 cm³/mol. The predicted octanol–water partition coefficient (Wildman–Crippen LogP) is 5.45. The maximum absolute atomic E-state index is 10.5. The third-order valence-corrected chi connectivity index (χ3v) is 5.09. The molecule has 0 unspecified atom stereocenters. The average Bonchev–Trinajstić information content (AvgIpc) is 3.31. The van der Waals surface area contributed by atoms with E-state index in [-0.39, 0.29) is 5.88 Å². The maximum Gasteiger partial charge on any atom is 0.216 e. The zero-order chi connectivity index (χ0) is 19.1. The highest BCUT2D eigenvalue weighted by molar-refractivity contribution is 7.71. The van der Waals surface area contributed by atoms with E-state index in [0.717, 1.165) is 33.4 Å². The van der Waals surface area contributed by atoms with Gasteiger partial charge in [0.1, 0.15) is 5.69 Å². The molecule has 0 bridgehead atoms. The first-order chi connectivity index (χ1) is 13.7. The standard InChI is InChI=1S/C22H16N4OS/c27-21-20(16-8-6-15(7-9-16)14-4-2-1-3-5-14)26(22(28)25-21)17-10-11-18-19(12-17)24-13-23-18/h1-13,27H,(H,23,24)(H,25,28). The number of aromatic nitrogens is 4. The van der Waals surface area contributed by atoms with Crippen molar-refractivity contribution < 1.29 is 5.11 Å². The fraction of sp³-hybridized carbons (Fsp3) is 0. The Labute approximate surface area is 166 Å². The van der Waals surface area contributed by atoms with Gasteiger partial charge in [0.25, 0.3) is 0 Å². The molecule has 0 spiro atoms. The Morgan fingerprint density at radius 1 is 0.857 bits per heavy atom. The van der Waals surface area contributed by atoms with E-state index >= 15 is 0 Å². The fourth-order valence-corrected chi connectivity index (χ4v) is 3.74. The van der Waals surface area contributed by atoms with Crippen LogP contribution in [0.3, 0.4) is 0 Å². The van der Waals surface area contributed by atoms with Crippen molar-refractivity contribution >= 4 is 23.3 Å². The zero-order valence-corrected chi connectivity index (χ0v) is 15.6. The van der Waals surface area contributed by atoms with Crippen molar-refractivity contribution in [3.05, 3.63) is 83.9 Å². The van der Waals surface area contributed by atoms with Crippen molar-refractivity contribution in [3.8, 4) is 34.0 Å². The van der Waals surface area contributed by atoms with Gasteiger partial charge in [0, 0.05) is 5.56 Å². The molecule has 0 aliphatic heterocycles. The van der Waals surface area contributed by atoms with Gasteiger partial charge in [-0.3, -0.25) is 4.57 Å². The number of hydrogen-bond donors (Lipinski definition) is 3. The molecular formula is C22H16N4OS. The average molecular weight is 384 g/mol. The SMILES string of the molecule is Oc1[nH]c(=S)n(-c2ccc3nc[nH]c3c2)c1-c1ccc(-c2ccccc2)cc1. The van der Waals surface area contributed by atoms with E-state index in [1.807, 2.05) is 65.2 Å². The van der Waals surface area contributed by atoms with Crippen LogP contribution in [0.2, 0.25) is 0 Å². The number of imidazole rings is 2. The molecule has 0 aliphatic rings. The highest BCUT2D eigenvalue weighted by Gasteiger charge is 2.16. The molecule has 3 N–H and O–H groups in total. The minimum absolute atomic E-state index is 0.0437. The van der Waals surface area contributed by atoms with Gasteiger partial charge in [-0.25, -0.2) is 4.98 Å². The van der Waals surface area contributed by atoms with Crippen LogP contribution >= 0.6 is 12.2 Å². The summed E-state index contributed by atoms with van der Waals surface area (Å²) in [7, 11) is 0. The molecule has 2 aromatic heterocycles. The van der Waals surface area contributed by atoms with E-state index in [9.17, 15) is 5.11 Å². The largest absolute Gasteiger partial charge is 0.493 e. The number of aromatic hydroxyl groups is 1. The minimum Gasteiger partial charge on any atom is -0.493 e. The molecule has 0 radical (unpaired) electrons. The van der Waals surface area contributed by atoms with Crippen LogP contribution in [0.25, 0.3) is 39.1 Å². The minimum atomic E-state index is 0.0437. The number of H-pyrrole nitrogens is 2. The van der Waals surface area contributed by atoms with Gasteiger partial charge in [-0.15, -0.1) is 0 Å². The van der Waals surface area contributed by atoms with E-state index in [4.69, 9.17) is 12.2 Å². The summed E-state index contributed by atoms with van der Waals surface area (Å²) in [6.45, 7) is 0. The van der Waals surface area contributed by atoms with Gasteiger partial charge in [-0.05, 0) is 41.5 Å². The highest BCUT2D eigenvalue weighted by Crippen LogP contribution is 2.33. The Balaban J connectivity index is 1.63. The number of rotatable bonds is 3. The molecule has 5 nitrogen and oxygen atoms in total. The van der Waals surface area contributed by atoms with Gasteiger partial charge in [-0.2, -0.15) is 0 Å². The molecule has 0 saturated carbocycles. The summed E-state index contributed by atoms with van der Waals surface area (Å²) in [5.74, 6) is 0.0437. The van der Waals surface area contributed by atoms with Crippen LogP contribution in [0, 0.1) is 4.77 Å². The monoisotopic (exact) mass is 384 g/mol. The number of aromatic amines is 2. The molecule has 2 heterocycles. The summed E-state index contributed by atoms with van der Waals surface area (Å²) in [6.07, 6.45) is 1.66. The number of nitrogens with one attached hydrogen (secondary N) is 2. The van der Waals surface area contributed by atoms with Gasteiger partial charge in [0.2, 0.25) is 5.88 Å². The normalized spacial score (nSPS) is 11.1. The van der Waals surface area contributed by atoms with Crippen LogP contribution in [-0.4, -0.2) is 24.6 Å². The van der Waals surface area contributed by atoms with Crippen molar-refractivity contribution in [3.63, 3.8) is 0 Å². The second-order valence-electron chi connectivity index (χ2n) is 6.51. The Kier molecular flexibility index (Phi) is 3.84. The Hall–Kier alpha value is -3.64. The van der Waals surface area contributed by atoms with E-state index in [0.29, 0.717) is 10.5 Å². The number of benzene rings is 3. The van der Waals surface area contributed by atoms with E-state index in [1.54, 1.807) is 6.33 Å². The van der Waals surface area contributed by atoms with Gasteiger partial charge in [-0.1, -0.05) is 54.6 Å². The van der Waals surface area contributed by atoms with Crippen LogP contribution in [0.15, 0.2) is 79.1 Å². The molecular weight excluding hydrogens is 368 g/mol. The summed E-state index contributed by atoms with van der Waals surface area (Å²) >= 11 is 5.47. The number of nitrogens with zero attached hydrogens (tertiary/aromatic N) is 2. The van der Waals surface area contributed by atoms with Crippen molar-refractivity contribution in [2.75, 3.05) is 0 Å². The summed E-state index contributed by atoms with van der Waals surface area (Å²) in [5.41, 5.74) is 6.39.